The average Bonchev–Trinajstić information content (AvgIpc) is 3.22. The monoisotopic (exact) mass is 359 g/mol. The van der Waals surface area contributed by atoms with Gasteiger partial charge in [-0.3, -0.25) is 4.90 Å². The number of oxazole rings is 1. The Hall–Kier alpha value is -2.67. The van der Waals surface area contributed by atoms with Gasteiger partial charge >= 0.3 is 0 Å². The number of nitrogens with zero attached hydrogens (tertiary/aromatic N) is 3. The average molecular weight is 359 g/mol. The van der Waals surface area contributed by atoms with Gasteiger partial charge in [-0.1, -0.05) is 12.1 Å². The van der Waals surface area contributed by atoms with Gasteiger partial charge in [0.2, 0.25) is 5.89 Å². The molecule has 0 aliphatic heterocycles. The molecule has 26 heavy (non-hydrogen) atoms. The van der Waals surface area contributed by atoms with Crippen molar-refractivity contribution in [3.8, 4) is 17.2 Å². The van der Waals surface area contributed by atoms with Crippen LogP contribution in [0, 0.1) is 12.7 Å². The molecular formula is C19H22FN3O3. The van der Waals surface area contributed by atoms with E-state index in [1.54, 1.807) is 12.1 Å². The largest absolute Gasteiger partial charge is 0.497 e. The molecule has 0 atom stereocenters. The van der Waals surface area contributed by atoms with Crippen molar-refractivity contribution in [1.29, 1.82) is 0 Å². The van der Waals surface area contributed by atoms with Crippen LogP contribution in [-0.4, -0.2) is 29.2 Å². The molecule has 0 fully saturated rings. The zero-order valence-electron chi connectivity index (χ0n) is 15.4. The van der Waals surface area contributed by atoms with Crippen molar-refractivity contribution >= 4 is 0 Å². The van der Waals surface area contributed by atoms with Crippen LogP contribution >= 0.6 is 0 Å². The van der Waals surface area contributed by atoms with Crippen LogP contribution in [0.25, 0.3) is 11.5 Å². The fourth-order valence-electron chi connectivity index (χ4n) is 2.66. The summed E-state index contributed by atoms with van der Waals surface area (Å²) < 4.78 is 30.3. The van der Waals surface area contributed by atoms with E-state index in [0.29, 0.717) is 24.6 Å². The van der Waals surface area contributed by atoms with Gasteiger partial charge in [0, 0.05) is 12.6 Å². The van der Waals surface area contributed by atoms with E-state index < -0.39 is 5.82 Å². The number of rotatable bonds is 7. The molecule has 0 aliphatic rings. The minimum Gasteiger partial charge on any atom is -0.497 e. The highest BCUT2D eigenvalue weighted by atomic mass is 19.1. The molecule has 7 heteroatoms. The van der Waals surface area contributed by atoms with Gasteiger partial charge in [-0.25, -0.2) is 9.37 Å². The normalized spacial score (nSPS) is 11.3. The van der Waals surface area contributed by atoms with Gasteiger partial charge in [0.05, 0.1) is 30.6 Å². The lowest BCUT2D eigenvalue weighted by molar-refractivity contribution is 0.262. The van der Waals surface area contributed by atoms with Crippen LogP contribution in [0.2, 0.25) is 0 Å². The molecular weight excluding hydrogens is 337 g/mol. The van der Waals surface area contributed by atoms with Crippen LogP contribution in [0.5, 0.6) is 5.75 Å². The second-order valence-electron chi connectivity index (χ2n) is 6.18. The predicted molar refractivity (Wildman–Crippen MR) is 94.2 cm³/mol. The summed E-state index contributed by atoms with van der Waals surface area (Å²) in [5.74, 6) is 1.84. The molecule has 0 radical (unpaired) electrons. The highest BCUT2D eigenvalue weighted by Crippen LogP contribution is 2.28. The Morgan fingerprint density at radius 2 is 2.04 bits per heavy atom. The first-order chi connectivity index (χ1) is 12.5. The van der Waals surface area contributed by atoms with Crippen molar-refractivity contribution in [1.82, 2.24) is 15.0 Å². The molecule has 0 spiro atoms. The van der Waals surface area contributed by atoms with Gasteiger partial charge < -0.3 is 13.7 Å². The predicted octanol–water partition coefficient (Wildman–Crippen LogP) is 3.98. The fraction of sp³-hybridized carbons (Fsp3) is 0.368. The maximum absolute atomic E-state index is 14.1. The van der Waals surface area contributed by atoms with Gasteiger partial charge in [-0.2, -0.15) is 0 Å². The Labute approximate surface area is 151 Å². The van der Waals surface area contributed by atoms with Crippen LogP contribution in [0.1, 0.15) is 29.8 Å². The summed E-state index contributed by atoms with van der Waals surface area (Å²) in [6.07, 6.45) is 0.838. The molecule has 0 unspecified atom stereocenters. The van der Waals surface area contributed by atoms with Gasteiger partial charge in [-0.05, 0) is 38.6 Å². The first-order valence-electron chi connectivity index (χ1n) is 8.43. The summed E-state index contributed by atoms with van der Waals surface area (Å²) >= 11 is 0. The third-order valence-corrected chi connectivity index (χ3v) is 4.11. The standard InChI is InChI=1S/C19H22FN3O3/c1-5-13-8-15(26-22-13)10-23(3)11-18-12(2)25-19(21-18)16-9-14(24-4)6-7-17(16)20/h6-9H,5,10-11H2,1-4H3. The molecule has 0 bridgehead atoms. The van der Waals surface area contributed by atoms with Gasteiger partial charge in [0.25, 0.3) is 0 Å². The van der Waals surface area contributed by atoms with E-state index in [0.717, 1.165) is 23.6 Å². The minimum absolute atomic E-state index is 0.246. The van der Waals surface area contributed by atoms with Crippen molar-refractivity contribution in [2.45, 2.75) is 33.4 Å². The lowest BCUT2D eigenvalue weighted by Gasteiger charge is -2.12. The van der Waals surface area contributed by atoms with E-state index in [1.807, 2.05) is 31.9 Å². The van der Waals surface area contributed by atoms with E-state index in [1.165, 1.54) is 13.2 Å². The minimum atomic E-state index is -0.402. The molecule has 3 rings (SSSR count). The molecule has 0 amide bonds. The highest BCUT2D eigenvalue weighted by Gasteiger charge is 2.17. The van der Waals surface area contributed by atoms with Gasteiger partial charge in [-0.15, -0.1) is 0 Å². The second-order valence-corrected chi connectivity index (χ2v) is 6.18. The first kappa shape index (κ1) is 18.1. The molecule has 3 aromatic rings. The Morgan fingerprint density at radius 1 is 1.23 bits per heavy atom. The summed E-state index contributed by atoms with van der Waals surface area (Å²) in [5, 5.41) is 3.99. The topological polar surface area (TPSA) is 64.5 Å². The van der Waals surface area contributed by atoms with E-state index in [4.69, 9.17) is 13.7 Å². The Bertz CT molecular complexity index is 888. The van der Waals surface area contributed by atoms with Crippen molar-refractivity contribution < 1.29 is 18.1 Å². The molecule has 138 valence electrons. The zero-order chi connectivity index (χ0) is 18.7. The number of ether oxygens (including phenoxy) is 1. The van der Waals surface area contributed by atoms with E-state index in [-0.39, 0.29) is 11.5 Å². The summed E-state index contributed by atoms with van der Waals surface area (Å²) in [4.78, 5) is 6.51. The van der Waals surface area contributed by atoms with Gasteiger partial charge in [0.1, 0.15) is 17.3 Å². The SMILES string of the molecule is CCc1cc(CN(C)Cc2nc(-c3cc(OC)ccc3F)oc2C)on1. The van der Waals surface area contributed by atoms with E-state index in [2.05, 4.69) is 10.1 Å². The van der Waals surface area contributed by atoms with Crippen LogP contribution in [0.3, 0.4) is 0 Å². The quantitative estimate of drug-likeness (QED) is 0.636. The van der Waals surface area contributed by atoms with E-state index >= 15 is 0 Å². The van der Waals surface area contributed by atoms with Crippen molar-refractivity contribution in [3.63, 3.8) is 0 Å². The number of methoxy groups -OCH3 is 1. The van der Waals surface area contributed by atoms with Crippen LogP contribution in [-0.2, 0) is 19.5 Å². The number of aromatic nitrogens is 2. The van der Waals surface area contributed by atoms with Crippen LogP contribution < -0.4 is 4.74 Å². The molecule has 2 heterocycles. The molecule has 2 aromatic heterocycles. The number of benzene rings is 1. The van der Waals surface area contributed by atoms with Gasteiger partial charge in [0.15, 0.2) is 5.76 Å². The van der Waals surface area contributed by atoms with Crippen molar-refractivity contribution in [3.05, 3.63) is 53.0 Å². The molecule has 0 N–H and O–H groups in total. The van der Waals surface area contributed by atoms with Crippen molar-refractivity contribution in [2.24, 2.45) is 0 Å². The third kappa shape index (κ3) is 3.94. The number of hydrogen-bond donors (Lipinski definition) is 0. The summed E-state index contributed by atoms with van der Waals surface area (Å²) in [7, 11) is 3.49. The highest BCUT2D eigenvalue weighted by molar-refractivity contribution is 5.57. The van der Waals surface area contributed by atoms with Crippen LogP contribution in [0.4, 0.5) is 4.39 Å². The number of aryl methyl sites for hydroxylation is 2. The molecule has 0 saturated carbocycles. The zero-order valence-corrected chi connectivity index (χ0v) is 15.4. The van der Waals surface area contributed by atoms with Crippen molar-refractivity contribution in [2.75, 3.05) is 14.2 Å². The van der Waals surface area contributed by atoms with Crippen LogP contribution in [0.15, 0.2) is 33.2 Å². The Balaban J connectivity index is 1.75. The smallest absolute Gasteiger partial charge is 0.229 e. The molecule has 0 aliphatic carbocycles. The molecule has 6 nitrogen and oxygen atoms in total. The first-order valence-corrected chi connectivity index (χ1v) is 8.43. The van der Waals surface area contributed by atoms with E-state index in [9.17, 15) is 4.39 Å². The fourth-order valence-corrected chi connectivity index (χ4v) is 2.66. The number of halogens is 1. The lowest BCUT2D eigenvalue weighted by Crippen LogP contribution is -2.17. The summed E-state index contributed by atoms with van der Waals surface area (Å²) in [5.41, 5.74) is 1.96. The number of hydrogen-bond acceptors (Lipinski definition) is 6. The maximum atomic E-state index is 14.1. The summed E-state index contributed by atoms with van der Waals surface area (Å²) in [6, 6.07) is 6.43. The summed E-state index contributed by atoms with van der Waals surface area (Å²) in [6.45, 7) is 5.00. The lowest BCUT2D eigenvalue weighted by atomic mass is 10.2. The maximum Gasteiger partial charge on any atom is 0.229 e. The third-order valence-electron chi connectivity index (χ3n) is 4.11. The molecule has 0 saturated heterocycles. The Kier molecular flexibility index (Phi) is 5.37. The Morgan fingerprint density at radius 3 is 2.73 bits per heavy atom. The second kappa shape index (κ2) is 7.70. The molecule has 1 aromatic carbocycles.